The van der Waals surface area contributed by atoms with Gasteiger partial charge in [0.25, 0.3) is 0 Å². The molecule has 5 heteroatoms. The first kappa shape index (κ1) is 11.4. The van der Waals surface area contributed by atoms with E-state index in [-0.39, 0.29) is 5.69 Å². The molecule has 5 nitrogen and oxygen atoms in total. The maximum atomic E-state index is 9.51. The van der Waals surface area contributed by atoms with Gasteiger partial charge in [-0.05, 0) is 20.8 Å². The van der Waals surface area contributed by atoms with Crippen molar-refractivity contribution in [1.29, 1.82) is 5.26 Å². The topological polar surface area (TPSA) is 81.8 Å². The zero-order valence-corrected chi connectivity index (χ0v) is 9.02. The van der Waals surface area contributed by atoms with Gasteiger partial charge in [-0.25, -0.2) is 9.97 Å². The number of nitrogens with zero attached hydrogens (tertiary/aromatic N) is 3. The summed E-state index contributed by atoms with van der Waals surface area (Å²) in [4.78, 5) is 7.88. The third-order valence-electron chi connectivity index (χ3n) is 2.29. The average Bonchev–Trinajstić information content (AvgIpc) is 2.18. The van der Waals surface area contributed by atoms with Crippen LogP contribution in [0.5, 0.6) is 0 Å². The Balaban J connectivity index is 2.95. The Morgan fingerprint density at radius 2 is 2.07 bits per heavy atom. The van der Waals surface area contributed by atoms with Crippen LogP contribution >= 0.6 is 0 Å². The highest BCUT2D eigenvalue weighted by Gasteiger charge is 2.25. The first-order chi connectivity index (χ1) is 6.97. The van der Waals surface area contributed by atoms with Gasteiger partial charge >= 0.3 is 0 Å². The highest BCUT2D eigenvalue weighted by molar-refractivity contribution is 5.48. The monoisotopic (exact) mass is 206 g/mol. The van der Waals surface area contributed by atoms with Gasteiger partial charge in [-0.3, -0.25) is 0 Å². The highest BCUT2D eigenvalue weighted by atomic mass is 16.3. The number of hydrogen-bond acceptors (Lipinski definition) is 5. The number of anilines is 1. The molecule has 0 spiro atoms. The third-order valence-corrected chi connectivity index (χ3v) is 2.29. The van der Waals surface area contributed by atoms with Crippen molar-refractivity contribution in [2.45, 2.75) is 32.4 Å². The van der Waals surface area contributed by atoms with Gasteiger partial charge in [-0.15, -0.1) is 0 Å². The molecule has 0 amide bonds. The highest BCUT2D eigenvalue weighted by Crippen LogP contribution is 2.17. The predicted molar refractivity (Wildman–Crippen MR) is 56.1 cm³/mol. The molecule has 1 rings (SSSR count). The van der Waals surface area contributed by atoms with Crippen LogP contribution in [-0.4, -0.2) is 26.7 Å². The summed E-state index contributed by atoms with van der Waals surface area (Å²) in [5.41, 5.74) is -0.326. The molecular weight excluding hydrogens is 192 g/mol. The standard InChI is InChI=1S/C10H14N4O/c1-7(15)10(2,3)14-9-8(6-11)12-4-5-13-9/h4-5,7,15H,1-3H3,(H,13,14). The maximum absolute atomic E-state index is 9.51. The molecule has 1 unspecified atom stereocenters. The Morgan fingerprint density at radius 3 is 2.60 bits per heavy atom. The summed E-state index contributed by atoms with van der Waals surface area (Å²) in [5, 5.41) is 21.3. The fourth-order valence-electron chi connectivity index (χ4n) is 0.921. The number of rotatable bonds is 3. The van der Waals surface area contributed by atoms with Crippen LogP contribution < -0.4 is 5.32 Å². The van der Waals surface area contributed by atoms with Crippen molar-refractivity contribution >= 4 is 5.82 Å². The minimum Gasteiger partial charge on any atom is -0.391 e. The summed E-state index contributed by atoms with van der Waals surface area (Å²) in [5.74, 6) is 0.394. The lowest BCUT2D eigenvalue weighted by atomic mass is 9.99. The Kier molecular flexibility index (Phi) is 3.22. The van der Waals surface area contributed by atoms with E-state index in [1.165, 1.54) is 12.4 Å². The van der Waals surface area contributed by atoms with Gasteiger partial charge in [-0.2, -0.15) is 5.26 Å². The third kappa shape index (κ3) is 2.64. The van der Waals surface area contributed by atoms with Gasteiger partial charge in [0, 0.05) is 12.4 Å². The van der Waals surface area contributed by atoms with E-state index in [2.05, 4.69) is 15.3 Å². The van der Waals surface area contributed by atoms with E-state index in [1.54, 1.807) is 6.92 Å². The fourth-order valence-corrected chi connectivity index (χ4v) is 0.921. The lowest BCUT2D eigenvalue weighted by Gasteiger charge is -2.29. The Morgan fingerprint density at radius 1 is 1.47 bits per heavy atom. The molecule has 0 aliphatic carbocycles. The molecule has 2 N–H and O–H groups in total. The van der Waals surface area contributed by atoms with Crippen LogP contribution in [0.15, 0.2) is 12.4 Å². The van der Waals surface area contributed by atoms with E-state index >= 15 is 0 Å². The second-order valence-corrected chi connectivity index (χ2v) is 3.89. The molecule has 0 aliphatic heterocycles. The first-order valence-corrected chi connectivity index (χ1v) is 4.64. The van der Waals surface area contributed by atoms with E-state index in [0.717, 1.165) is 0 Å². The lowest BCUT2D eigenvalue weighted by molar-refractivity contribution is 0.133. The van der Waals surface area contributed by atoms with Crippen LogP contribution in [0.25, 0.3) is 0 Å². The van der Waals surface area contributed by atoms with E-state index in [9.17, 15) is 5.11 Å². The van der Waals surface area contributed by atoms with Crippen LogP contribution in [0.3, 0.4) is 0 Å². The number of aliphatic hydroxyl groups is 1. The molecule has 0 bridgehead atoms. The summed E-state index contributed by atoms with van der Waals surface area (Å²) >= 11 is 0. The largest absolute Gasteiger partial charge is 0.391 e. The van der Waals surface area contributed by atoms with Crippen LogP contribution in [0.2, 0.25) is 0 Å². The lowest BCUT2D eigenvalue weighted by Crippen LogP contribution is -2.42. The zero-order chi connectivity index (χ0) is 11.5. The average molecular weight is 206 g/mol. The summed E-state index contributed by atoms with van der Waals surface area (Å²) < 4.78 is 0. The first-order valence-electron chi connectivity index (χ1n) is 4.64. The second-order valence-electron chi connectivity index (χ2n) is 3.89. The fraction of sp³-hybridized carbons (Fsp3) is 0.500. The van der Waals surface area contributed by atoms with Gasteiger partial charge in [0.1, 0.15) is 6.07 Å². The molecular formula is C10H14N4O. The molecule has 80 valence electrons. The SMILES string of the molecule is CC(O)C(C)(C)Nc1nccnc1C#N. The van der Waals surface area contributed by atoms with E-state index in [0.29, 0.717) is 5.82 Å². The molecule has 0 aromatic carbocycles. The van der Waals surface area contributed by atoms with Crippen LogP contribution in [0, 0.1) is 11.3 Å². The molecule has 15 heavy (non-hydrogen) atoms. The summed E-state index contributed by atoms with van der Waals surface area (Å²) in [7, 11) is 0. The van der Waals surface area contributed by atoms with Gasteiger partial charge in [0.2, 0.25) is 0 Å². The second kappa shape index (κ2) is 4.24. The minimum absolute atomic E-state index is 0.228. The number of nitrogens with one attached hydrogen (secondary N) is 1. The molecule has 1 atom stereocenters. The molecule has 0 aliphatic rings. The smallest absolute Gasteiger partial charge is 0.182 e. The molecule has 1 aromatic rings. The van der Waals surface area contributed by atoms with Crippen molar-refractivity contribution in [3.05, 3.63) is 18.1 Å². The van der Waals surface area contributed by atoms with Crippen molar-refractivity contribution in [2.24, 2.45) is 0 Å². The Bertz CT molecular complexity index is 381. The number of aliphatic hydroxyl groups excluding tert-OH is 1. The number of hydrogen-bond donors (Lipinski definition) is 2. The molecule has 1 aromatic heterocycles. The Hall–Kier alpha value is -1.67. The summed E-state index contributed by atoms with van der Waals surface area (Å²) in [6.45, 7) is 5.33. The van der Waals surface area contributed by atoms with Crippen molar-refractivity contribution in [1.82, 2.24) is 9.97 Å². The Labute approximate surface area is 88.8 Å². The quantitative estimate of drug-likeness (QED) is 0.768. The molecule has 1 heterocycles. The van der Waals surface area contributed by atoms with Crippen molar-refractivity contribution in [3.8, 4) is 6.07 Å². The van der Waals surface area contributed by atoms with Gasteiger partial charge in [0.15, 0.2) is 11.5 Å². The van der Waals surface area contributed by atoms with E-state index in [1.807, 2.05) is 19.9 Å². The predicted octanol–water partition coefficient (Wildman–Crippen LogP) is 0.920. The van der Waals surface area contributed by atoms with Gasteiger partial charge in [0.05, 0.1) is 11.6 Å². The molecule has 0 radical (unpaired) electrons. The maximum Gasteiger partial charge on any atom is 0.182 e. The van der Waals surface area contributed by atoms with E-state index in [4.69, 9.17) is 5.26 Å². The van der Waals surface area contributed by atoms with Gasteiger partial charge < -0.3 is 10.4 Å². The van der Waals surface area contributed by atoms with Crippen molar-refractivity contribution in [3.63, 3.8) is 0 Å². The summed E-state index contributed by atoms with van der Waals surface area (Å²) in [6, 6.07) is 1.94. The summed E-state index contributed by atoms with van der Waals surface area (Å²) in [6.07, 6.45) is 2.39. The zero-order valence-electron chi connectivity index (χ0n) is 9.02. The van der Waals surface area contributed by atoms with Crippen LogP contribution in [0.1, 0.15) is 26.5 Å². The molecule has 0 saturated carbocycles. The number of aromatic nitrogens is 2. The van der Waals surface area contributed by atoms with E-state index < -0.39 is 11.6 Å². The normalized spacial score (nSPS) is 13.0. The van der Waals surface area contributed by atoms with Gasteiger partial charge in [-0.1, -0.05) is 0 Å². The molecule has 0 fully saturated rings. The van der Waals surface area contributed by atoms with Crippen LogP contribution in [-0.2, 0) is 0 Å². The van der Waals surface area contributed by atoms with Crippen molar-refractivity contribution in [2.75, 3.05) is 5.32 Å². The molecule has 0 saturated heterocycles. The van der Waals surface area contributed by atoms with Crippen LogP contribution in [0.4, 0.5) is 5.82 Å². The number of nitriles is 1. The minimum atomic E-state index is -0.564. The van der Waals surface area contributed by atoms with Crippen molar-refractivity contribution < 1.29 is 5.11 Å².